The first kappa shape index (κ1) is 7.75. The molecule has 3 heteroatoms. The lowest BCUT2D eigenvalue weighted by atomic mass is 10.4. The summed E-state index contributed by atoms with van der Waals surface area (Å²) < 4.78 is 0. The summed E-state index contributed by atoms with van der Waals surface area (Å²) >= 11 is 0. The molecular weight excluding hydrogens is 138 g/mol. The van der Waals surface area contributed by atoms with Gasteiger partial charge in [-0.2, -0.15) is 0 Å². The van der Waals surface area contributed by atoms with Gasteiger partial charge in [-0.15, -0.1) is 0 Å². The first-order chi connectivity index (χ1) is 5.38. The van der Waals surface area contributed by atoms with Gasteiger partial charge < -0.3 is 5.43 Å². The SMILES string of the molecule is CN=c1cccccc1NN. The third kappa shape index (κ3) is 1.78. The van der Waals surface area contributed by atoms with E-state index in [1.165, 1.54) is 0 Å². The predicted molar refractivity (Wildman–Crippen MR) is 45.7 cm³/mol. The van der Waals surface area contributed by atoms with Crippen molar-refractivity contribution in [1.29, 1.82) is 0 Å². The van der Waals surface area contributed by atoms with Gasteiger partial charge in [0.1, 0.15) is 0 Å². The minimum Gasteiger partial charge on any atom is -0.322 e. The molecule has 0 amide bonds. The van der Waals surface area contributed by atoms with Gasteiger partial charge in [-0.3, -0.25) is 10.8 Å². The molecule has 0 fully saturated rings. The Labute approximate surface area is 65.6 Å². The van der Waals surface area contributed by atoms with E-state index in [2.05, 4.69) is 10.4 Å². The van der Waals surface area contributed by atoms with E-state index in [1.54, 1.807) is 7.05 Å². The number of hydrogen-bond acceptors (Lipinski definition) is 3. The molecule has 0 aliphatic rings. The van der Waals surface area contributed by atoms with Gasteiger partial charge in [-0.25, -0.2) is 0 Å². The Balaban J connectivity index is 3.36. The zero-order valence-electron chi connectivity index (χ0n) is 6.41. The lowest BCUT2D eigenvalue weighted by Gasteiger charge is -1.93. The number of nitrogens with one attached hydrogen (secondary N) is 1. The largest absolute Gasteiger partial charge is 0.322 e. The number of nitrogen functional groups attached to an aromatic ring is 1. The Kier molecular flexibility index (Phi) is 2.63. The zero-order chi connectivity index (χ0) is 8.10. The van der Waals surface area contributed by atoms with E-state index >= 15 is 0 Å². The molecule has 1 aromatic carbocycles. The molecule has 0 atom stereocenters. The molecule has 0 saturated heterocycles. The van der Waals surface area contributed by atoms with Crippen molar-refractivity contribution in [3.05, 3.63) is 35.7 Å². The number of nitrogens with zero attached hydrogens (tertiary/aromatic N) is 1. The van der Waals surface area contributed by atoms with Crippen molar-refractivity contribution in [2.75, 3.05) is 12.5 Å². The Bertz CT molecular complexity index is 293. The maximum atomic E-state index is 5.27. The van der Waals surface area contributed by atoms with E-state index in [9.17, 15) is 0 Å². The van der Waals surface area contributed by atoms with Crippen molar-refractivity contribution in [2.45, 2.75) is 0 Å². The van der Waals surface area contributed by atoms with Crippen molar-refractivity contribution in [3.63, 3.8) is 0 Å². The van der Waals surface area contributed by atoms with E-state index < -0.39 is 0 Å². The van der Waals surface area contributed by atoms with E-state index in [1.807, 2.05) is 30.3 Å². The quantitative estimate of drug-likeness (QED) is 0.451. The van der Waals surface area contributed by atoms with Crippen LogP contribution in [0.4, 0.5) is 5.69 Å². The van der Waals surface area contributed by atoms with Crippen LogP contribution in [0.25, 0.3) is 0 Å². The van der Waals surface area contributed by atoms with Crippen LogP contribution in [0.1, 0.15) is 0 Å². The van der Waals surface area contributed by atoms with E-state index in [0.29, 0.717) is 0 Å². The molecule has 3 nitrogen and oxygen atoms in total. The van der Waals surface area contributed by atoms with Crippen LogP contribution < -0.4 is 16.6 Å². The van der Waals surface area contributed by atoms with Gasteiger partial charge in [-0.05, 0) is 12.1 Å². The monoisotopic (exact) mass is 149 g/mol. The van der Waals surface area contributed by atoms with Crippen LogP contribution in [0.3, 0.4) is 0 Å². The van der Waals surface area contributed by atoms with Gasteiger partial charge in [-0.1, -0.05) is 18.2 Å². The van der Waals surface area contributed by atoms with Crippen LogP contribution in [0.2, 0.25) is 0 Å². The summed E-state index contributed by atoms with van der Waals surface area (Å²) in [5, 5.41) is 0.859. The number of hydrogen-bond donors (Lipinski definition) is 2. The summed E-state index contributed by atoms with van der Waals surface area (Å²) in [5.74, 6) is 5.27. The summed E-state index contributed by atoms with van der Waals surface area (Å²) in [6, 6.07) is 9.53. The maximum Gasteiger partial charge on any atom is 0.0815 e. The molecule has 1 rings (SSSR count). The van der Waals surface area contributed by atoms with Crippen molar-refractivity contribution >= 4 is 5.69 Å². The summed E-state index contributed by atoms with van der Waals surface area (Å²) in [4.78, 5) is 4.04. The average molecular weight is 149 g/mol. The van der Waals surface area contributed by atoms with Crippen LogP contribution in [-0.2, 0) is 0 Å². The van der Waals surface area contributed by atoms with Gasteiger partial charge in [0.05, 0.1) is 11.0 Å². The Morgan fingerprint density at radius 2 is 2.00 bits per heavy atom. The van der Waals surface area contributed by atoms with Crippen molar-refractivity contribution in [2.24, 2.45) is 10.8 Å². The van der Waals surface area contributed by atoms with Gasteiger partial charge >= 0.3 is 0 Å². The Morgan fingerprint density at radius 1 is 1.27 bits per heavy atom. The number of hydrazine groups is 1. The zero-order valence-corrected chi connectivity index (χ0v) is 6.41. The van der Waals surface area contributed by atoms with E-state index in [0.717, 1.165) is 11.0 Å². The molecule has 0 radical (unpaired) electrons. The minimum atomic E-state index is 0.831. The molecule has 0 spiro atoms. The Hall–Kier alpha value is -1.35. The summed E-state index contributed by atoms with van der Waals surface area (Å²) in [6.45, 7) is 0. The highest BCUT2D eigenvalue weighted by Gasteiger charge is 1.86. The summed E-state index contributed by atoms with van der Waals surface area (Å²) in [6.07, 6.45) is 0. The molecule has 0 bridgehead atoms. The fourth-order valence-electron chi connectivity index (χ4n) is 0.855. The lowest BCUT2D eigenvalue weighted by molar-refractivity contribution is 1.24. The summed E-state index contributed by atoms with van der Waals surface area (Å²) in [5.41, 5.74) is 3.40. The standard InChI is InChI=1S/C8H11N3/c1-10-7-5-3-2-4-6-8(7)11-9/h2-6H,9H2,1H3,(H,10,11). The molecule has 3 N–H and O–H groups in total. The lowest BCUT2D eigenvalue weighted by Crippen LogP contribution is -2.15. The first-order valence-corrected chi connectivity index (χ1v) is 3.37. The fraction of sp³-hybridized carbons (Fsp3) is 0.125. The molecule has 0 saturated carbocycles. The van der Waals surface area contributed by atoms with Gasteiger partial charge in [0, 0.05) is 7.05 Å². The second kappa shape index (κ2) is 3.73. The highest BCUT2D eigenvalue weighted by molar-refractivity contribution is 5.39. The van der Waals surface area contributed by atoms with Crippen LogP contribution in [0, 0.1) is 0 Å². The number of rotatable bonds is 1. The average Bonchev–Trinajstić information content (AvgIpc) is 2.27. The maximum absolute atomic E-state index is 5.27. The number of nitrogens with two attached hydrogens (primary N) is 1. The predicted octanol–water partition coefficient (Wildman–Crippen LogP) is 0.503. The molecule has 1 aromatic rings. The fourth-order valence-corrected chi connectivity index (χ4v) is 0.855. The third-order valence-electron chi connectivity index (χ3n) is 1.41. The van der Waals surface area contributed by atoms with E-state index in [4.69, 9.17) is 5.84 Å². The van der Waals surface area contributed by atoms with E-state index in [-0.39, 0.29) is 0 Å². The van der Waals surface area contributed by atoms with Gasteiger partial charge in [0.25, 0.3) is 0 Å². The molecule has 0 aromatic heterocycles. The Morgan fingerprint density at radius 3 is 2.64 bits per heavy atom. The number of anilines is 1. The van der Waals surface area contributed by atoms with Crippen molar-refractivity contribution in [1.82, 2.24) is 0 Å². The van der Waals surface area contributed by atoms with Crippen molar-refractivity contribution < 1.29 is 0 Å². The molecule has 11 heavy (non-hydrogen) atoms. The summed E-state index contributed by atoms with van der Waals surface area (Å²) in [7, 11) is 1.73. The van der Waals surface area contributed by atoms with Crippen LogP contribution >= 0.6 is 0 Å². The van der Waals surface area contributed by atoms with Gasteiger partial charge in [0.15, 0.2) is 0 Å². The normalized spacial score (nSPS) is 11.3. The third-order valence-corrected chi connectivity index (χ3v) is 1.41. The first-order valence-electron chi connectivity index (χ1n) is 3.37. The topological polar surface area (TPSA) is 50.4 Å². The van der Waals surface area contributed by atoms with Crippen LogP contribution in [-0.4, -0.2) is 7.05 Å². The highest BCUT2D eigenvalue weighted by Crippen LogP contribution is 1.92. The molecule has 0 unspecified atom stereocenters. The molecule has 58 valence electrons. The van der Waals surface area contributed by atoms with Crippen LogP contribution in [0.15, 0.2) is 35.3 Å². The molecule has 0 heterocycles. The van der Waals surface area contributed by atoms with Gasteiger partial charge in [0.2, 0.25) is 0 Å². The molecule has 0 aliphatic heterocycles. The molecular formula is C8H11N3. The smallest absolute Gasteiger partial charge is 0.0815 e. The van der Waals surface area contributed by atoms with Crippen molar-refractivity contribution in [3.8, 4) is 0 Å². The van der Waals surface area contributed by atoms with Crippen LogP contribution in [0.5, 0.6) is 0 Å². The highest BCUT2D eigenvalue weighted by atomic mass is 15.2. The second-order valence-corrected chi connectivity index (χ2v) is 2.08. The second-order valence-electron chi connectivity index (χ2n) is 2.08. The molecule has 0 aliphatic carbocycles. The minimum absolute atomic E-state index is 0.831.